The van der Waals surface area contributed by atoms with E-state index in [0.717, 1.165) is 50.7 Å². The Bertz CT molecular complexity index is 508. The van der Waals surface area contributed by atoms with Crippen molar-refractivity contribution in [2.45, 2.75) is 20.0 Å². The Morgan fingerprint density at radius 2 is 1.79 bits per heavy atom. The smallest absolute Gasteiger partial charge is 0.321 e. The highest BCUT2D eigenvalue weighted by Crippen LogP contribution is 2.17. The number of benzene rings is 1. The second-order valence-corrected chi connectivity index (χ2v) is 6.75. The van der Waals surface area contributed by atoms with Crippen molar-refractivity contribution >= 4 is 11.7 Å². The number of carbonyl (C=O) groups excluding carboxylic acids is 1. The van der Waals surface area contributed by atoms with Crippen LogP contribution < -0.4 is 10.1 Å². The summed E-state index contributed by atoms with van der Waals surface area (Å²) in [5.41, 5.74) is 0.797. The molecule has 0 spiro atoms. The fourth-order valence-electron chi connectivity index (χ4n) is 2.61. The summed E-state index contributed by atoms with van der Waals surface area (Å²) in [5, 5.41) is 2.96. The Kier molecular flexibility index (Phi) is 6.87. The lowest BCUT2D eigenvalue weighted by atomic mass is 10.3. The van der Waals surface area contributed by atoms with Crippen molar-refractivity contribution in [3.05, 3.63) is 24.3 Å². The first-order valence-electron chi connectivity index (χ1n) is 8.64. The van der Waals surface area contributed by atoms with Crippen molar-refractivity contribution in [2.24, 2.45) is 0 Å². The van der Waals surface area contributed by atoms with E-state index in [9.17, 15) is 4.79 Å². The number of likely N-dealkylation sites (N-methyl/N-ethyl adjacent to an activating group) is 1. The first kappa shape index (κ1) is 18.5. The normalized spacial score (nSPS) is 15.8. The van der Waals surface area contributed by atoms with Crippen LogP contribution in [-0.4, -0.2) is 80.2 Å². The summed E-state index contributed by atoms with van der Waals surface area (Å²) in [6, 6.07) is 7.50. The summed E-state index contributed by atoms with van der Waals surface area (Å²) >= 11 is 0. The molecule has 0 unspecified atom stereocenters. The number of hydrogen-bond donors (Lipinski definition) is 1. The summed E-state index contributed by atoms with van der Waals surface area (Å²) in [6.45, 7) is 9.50. The number of rotatable bonds is 6. The van der Waals surface area contributed by atoms with E-state index in [4.69, 9.17) is 4.74 Å². The fraction of sp³-hybridized carbons (Fsp3) is 0.611. The van der Waals surface area contributed by atoms with Gasteiger partial charge in [-0.3, -0.25) is 4.90 Å². The van der Waals surface area contributed by atoms with Crippen LogP contribution in [0, 0.1) is 0 Å². The average Bonchev–Trinajstić information content (AvgIpc) is 2.54. The Balaban J connectivity index is 1.77. The van der Waals surface area contributed by atoms with Crippen LogP contribution >= 0.6 is 0 Å². The van der Waals surface area contributed by atoms with E-state index >= 15 is 0 Å². The summed E-state index contributed by atoms with van der Waals surface area (Å²) in [5.74, 6) is 0.817. The maximum atomic E-state index is 12.4. The molecule has 24 heavy (non-hydrogen) atoms. The molecule has 1 aliphatic heterocycles. The summed E-state index contributed by atoms with van der Waals surface area (Å²) in [4.78, 5) is 18.8. The number of piperazine rings is 1. The van der Waals surface area contributed by atoms with Gasteiger partial charge in [-0.05, 0) is 52.2 Å². The van der Waals surface area contributed by atoms with Crippen LogP contribution in [0.5, 0.6) is 5.75 Å². The van der Waals surface area contributed by atoms with Crippen LogP contribution in [0.25, 0.3) is 0 Å². The van der Waals surface area contributed by atoms with E-state index in [-0.39, 0.29) is 12.1 Å². The van der Waals surface area contributed by atoms with E-state index in [0.29, 0.717) is 0 Å². The van der Waals surface area contributed by atoms with E-state index in [1.807, 2.05) is 43.0 Å². The van der Waals surface area contributed by atoms with Gasteiger partial charge in [-0.2, -0.15) is 0 Å². The van der Waals surface area contributed by atoms with Crippen molar-refractivity contribution in [3.63, 3.8) is 0 Å². The third kappa shape index (κ3) is 6.02. The minimum Gasteiger partial charge on any atom is -0.491 e. The Morgan fingerprint density at radius 3 is 2.33 bits per heavy atom. The SMILES string of the molecule is CC(C)Oc1ccc(NC(=O)N2CCN(CCN(C)C)CC2)cc1. The molecule has 0 aromatic heterocycles. The van der Waals surface area contributed by atoms with Crippen molar-refractivity contribution in [1.29, 1.82) is 0 Å². The maximum Gasteiger partial charge on any atom is 0.321 e. The van der Waals surface area contributed by atoms with Gasteiger partial charge in [-0.15, -0.1) is 0 Å². The van der Waals surface area contributed by atoms with Crippen LogP contribution in [0.1, 0.15) is 13.8 Å². The molecule has 6 heteroatoms. The molecular weight excluding hydrogens is 304 g/mol. The van der Waals surface area contributed by atoms with Crippen LogP contribution in [0.15, 0.2) is 24.3 Å². The molecule has 134 valence electrons. The van der Waals surface area contributed by atoms with Crippen LogP contribution in [0.4, 0.5) is 10.5 Å². The number of anilines is 1. The molecule has 1 fully saturated rings. The molecular formula is C18H30N4O2. The first-order chi connectivity index (χ1) is 11.4. The summed E-state index contributed by atoms with van der Waals surface area (Å²) < 4.78 is 5.61. The first-order valence-corrected chi connectivity index (χ1v) is 8.64. The largest absolute Gasteiger partial charge is 0.491 e. The van der Waals surface area contributed by atoms with E-state index in [1.54, 1.807) is 0 Å². The summed E-state index contributed by atoms with van der Waals surface area (Å²) in [6.07, 6.45) is 0.147. The standard InChI is InChI=1S/C18H30N4O2/c1-15(2)24-17-7-5-16(6-8-17)19-18(23)22-13-11-21(12-14-22)10-9-20(3)4/h5-8,15H,9-14H2,1-4H3,(H,19,23). The minimum atomic E-state index is -0.0280. The van der Waals surface area contributed by atoms with Crippen LogP contribution in [0.3, 0.4) is 0 Å². The quantitative estimate of drug-likeness (QED) is 0.866. The molecule has 0 aliphatic carbocycles. The highest BCUT2D eigenvalue weighted by molar-refractivity contribution is 5.89. The van der Waals surface area contributed by atoms with Gasteiger partial charge < -0.3 is 19.9 Å². The third-order valence-electron chi connectivity index (χ3n) is 4.00. The maximum absolute atomic E-state index is 12.4. The highest BCUT2D eigenvalue weighted by Gasteiger charge is 2.20. The van der Waals surface area contributed by atoms with Crippen molar-refractivity contribution in [2.75, 3.05) is 58.7 Å². The van der Waals surface area contributed by atoms with Gasteiger partial charge >= 0.3 is 6.03 Å². The zero-order chi connectivity index (χ0) is 17.5. The lowest BCUT2D eigenvalue weighted by Gasteiger charge is -2.35. The highest BCUT2D eigenvalue weighted by atomic mass is 16.5. The van der Waals surface area contributed by atoms with Gasteiger partial charge in [0.2, 0.25) is 0 Å². The van der Waals surface area contributed by atoms with Gasteiger partial charge in [-0.25, -0.2) is 4.79 Å². The van der Waals surface area contributed by atoms with Crippen molar-refractivity contribution < 1.29 is 9.53 Å². The molecule has 1 N–H and O–H groups in total. The molecule has 1 aliphatic rings. The van der Waals surface area contributed by atoms with Crippen LogP contribution in [-0.2, 0) is 0 Å². The van der Waals surface area contributed by atoms with Gasteiger partial charge in [0.05, 0.1) is 6.10 Å². The fourth-order valence-corrected chi connectivity index (χ4v) is 2.61. The minimum absolute atomic E-state index is 0.0280. The number of urea groups is 1. The van der Waals surface area contributed by atoms with Gasteiger partial charge in [0.25, 0.3) is 0 Å². The van der Waals surface area contributed by atoms with Gasteiger partial charge in [0, 0.05) is 45.0 Å². The van der Waals surface area contributed by atoms with Crippen molar-refractivity contribution in [1.82, 2.24) is 14.7 Å². The number of hydrogen-bond acceptors (Lipinski definition) is 4. The second kappa shape index (κ2) is 8.89. The third-order valence-corrected chi connectivity index (χ3v) is 4.00. The van der Waals surface area contributed by atoms with Gasteiger partial charge in [0.1, 0.15) is 5.75 Å². The van der Waals surface area contributed by atoms with Gasteiger partial charge in [-0.1, -0.05) is 0 Å². The average molecular weight is 334 g/mol. The number of amides is 2. The van der Waals surface area contributed by atoms with Crippen LogP contribution in [0.2, 0.25) is 0 Å². The second-order valence-electron chi connectivity index (χ2n) is 6.75. The lowest BCUT2D eigenvalue weighted by molar-refractivity contribution is 0.140. The Hall–Kier alpha value is -1.79. The Labute approximate surface area is 145 Å². The molecule has 0 bridgehead atoms. The number of nitrogens with one attached hydrogen (secondary N) is 1. The number of nitrogens with zero attached hydrogens (tertiary/aromatic N) is 3. The molecule has 0 saturated carbocycles. The molecule has 0 atom stereocenters. The number of ether oxygens (including phenoxy) is 1. The zero-order valence-corrected chi connectivity index (χ0v) is 15.3. The Morgan fingerprint density at radius 1 is 1.17 bits per heavy atom. The predicted octanol–water partition coefficient (Wildman–Crippen LogP) is 2.18. The number of carbonyl (C=O) groups is 1. The topological polar surface area (TPSA) is 48.1 Å². The molecule has 1 heterocycles. The van der Waals surface area contributed by atoms with Crippen molar-refractivity contribution in [3.8, 4) is 5.75 Å². The van der Waals surface area contributed by atoms with E-state index in [1.165, 1.54) is 0 Å². The predicted molar refractivity (Wildman–Crippen MR) is 97.8 cm³/mol. The molecule has 2 rings (SSSR count). The monoisotopic (exact) mass is 334 g/mol. The molecule has 1 saturated heterocycles. The van der Waals surface area contributed by atoms with E-state index in [2.05, 4.69) is 29.2 Å². The molecule has 1 aromatic rings. The zero-order valence-electron chi connectivity index (χ0n) is 15.3. The molecule has 6 nitrogen and oxygen atoms in total. The van der Waals surface area contributed by atoms with E-state index < -0.39 is 0 Å². The lowest BCUT2D eigenvalue weighted by Crippen LogP contribution is -2.51. The molecule has 1 aromatic carbocycles. The molecule has 0 radical (unpaired) electrons. The molecule has 2 amide bonds. The summed E-state index contributed by atoms with van der Waals surface area (Å²) in [7, 11) is 4.17. The van der Waals surface area contributed by atoms with Gasteiger partial charge in [0.15, 0.2) is 0 Å².